The van der Waals surface area contributed by atoms with Crippen LogP contribution in [0.3, 0.4) is 0 Å². The molecule has 0 amide bonds. The van der Waals surface area contributed by atoms with Gasteiger partial charge in [0.05, 0.1) is 12.7 Å². The number of carbonyl (C=O) groups is 4. The Kier molecular flexibility index (Phi) is 10.1. The molecule has 9 atom stereocenters. The van der Waals surface area contributed by atoms with E-state index < -0.39 is 79.2 Å². The number of fused-ring (bicyclic) bond motifs is 1. The Hall–Kier alpha value is -3.10. The first-order valence-corrected chi connectivity index (χ1v) is 13.0. The Morgan fingerprint density at radius 2 is 1.45 bits per heavy atom. The third-order valence-electron chi connectivity index (χ3n) is 6.49. The summed E-state index contributed by atoms with van der Waals surface area (Å²) >= 11 is 0. The highest BCUT2D eigenvalue weighted by Crippen LogP contribution is 2.36. The van der Waals surface area contributed by atoms with Crippen molar-refractivity contribution >= 4 is 23.9 Å². The summed E-state index contributed by atoms with van der Waals surface area (Å²) < 4.78 is 52.0. The monoisotopic (exact) mass is 566 g/mol. The second kappa shape index (κ2) is 13.5. The van der Waals surface area contributed by atoms with Crippen LogP contribution in [0.1, 0.15) is 46.0 Å². The standard InChI is InChI=1S/C27H34O13/c1-14(28)33-13-21-23(35-15(2)29)24(36-16(3)30)25(37-17(4)31)27(39-21)38-19-10-11-32-20-12-34-26(40-22(19)20)18-8-6-5-7-9-18/h5-9,19-27H,10-13H2,1-4H3. The third-order valence-corrected chi connectivity index (χ3v) is 6.49. The zero-order valence-electron chi connectivity index (χ0n) is 22.7. The van der Waals surface area contributed by atoms with Gasteiger partial charge in [0.2, 0.25) is 0 Å². The number of carbonyl (C=O) groups excluding carboxylic acids is 4. The summed E-state index contributed by atoms with van der Waals surface area (Å²) in [6.07, 6.45) is -8.25. The number of rotatable bonds is 8. The molecule has 0 bridgehead atoms. The Bertz CT molecular complexity index is 1050. The van der Waals surface area contributed by atoms with Crippen molar-refractivity contribution in [2.45, 2.75) is 89.4 Å². The highest BCUT2D eigenvalue weighted by molar-refractivity contribution is 5.68. The minimum absolute atomic E-state index is 0.253. The second-order valence-corrected chi connectivity index (χ2v) is 9.62. The summed E-state index contributed by atoms with van der Waals surface area (Å²) in [4.78, 5) is 47.7. The van der Waals surface area contributed by atoms with E-state index in [1.54, 1.807) is 0 Å². The molecule has 0 radical (unpaired) electrons. The molecule has 4 rings (SSSR count). The van der Waals surface area contributed by atoms with Gasteiger partial charge in [0.25, 0.3) is 0 Å². The first kappa shape index (κ1) is 29.9. The van der Waals surface area contributed by atoms with Crippen LogP contribution < -0.4 is 0 Å². The average Bonchev–Trinajstić information content (AvgIpc) is 2.90. The molecule has 0 saturated carbocycles. The third kappa shape index (κ3) is 7.55. The molecule has 40 heavy (non-hydrogen) atoms. The SMILES string of the molecule is CC(=O)OCC1OC(OC2CCOC3COC(c4ccccc4)OC32)C(OC(C)=O)C(OC(C)=O)C1OC(C)=O. The summed E-state index contributed by atoms with van der Waals surface area (Å²) in [5.74, 6) is -2.76. The van der Waals surface area contributed by atoms with E-state index in [1.807, 2.05) is 30.3 Å². The molecule has 0 spiro atoms. The molecule has 0 N–H and O–H groups in total. The lowest BCUT2D eigenvalue weighted by Gasteiger charge is -2.47. The molecule has 1 aromatic carbocycles. The first-order valence-electron chi connectivity index (χ1n) is 13.0. The van der Waals surface area contributed by atoms with Crippen molar-refractivity contribution in [2.24, 2.45) is 0 Å². The first-order chi connectivity index (χ1) is 19.1. The van der Waals surface area contributed by atoms with Gasteiger partial charge in [-0.1, -0.05) is 30.3 Å². The molecule has 13 heteroatoms. The number of esters is 4. The minimum atomic E-state index is -1.33. The summed E-state index contributed by atoms with van der Waals surface area (Å²) in [5.41, 5.74) is 0.817. The molecule has 9 unspecified atom stereocenters. The Balaban J connectivity index is 1.61. The maximum Gasteiger partial charge on any atom is 0.303 e. The van der Waals surface area contributed by atoms with Crippen LogP contribution in [0, 0.1) is 0 Å². The number of benzene rings is 1. The highest BCUT2D eigenvalue weighted by Gasteiger charge is 2.54. The predicted molar refractivity (Wildman–Crippen MR) is 131 cm³/mol. The Morgan fingerprint density at radius 1 is 0.800 bits per heavy atom. The zero-order chi connectivity index (χ0) is 28.8. The topological polar surface area (TPSA) is 151 Å². The molecule has 3 saturated heterocycles. The Morgan fingerprint density at radius 3 is 2.10 bits per heavy atom. The van der Waals surface area contributed by atoms with E-state index in [4.69, 9.17) is 42.6 Å². The average molecular weight is 567 g/mol. The maximum absolute atomic E-state index is 12.1. The lowest BCUT2D eigenvalue weighted by Crippen LogP contribution is -2.64. The van der Waals surface area contributed by atoms with Gasteiger partial charge in [-0.15, -0.1) is 0 Å². The van der Waals surface area contributed by atoms with Crippen LogP contribution in [0.2, 0.25) is 0 Å². The van der Waals surface area contributed by atoms with E-state index in [0.29, 0.717) is 13.0 Å². The molecule has 3 fully saturated rings. The van der Waals surface area contributed by atoms with E-state index in [-0.39, 0.29) is 13.2 Å². The van der Waals surface area contributed by atoms with Gasteiger partial charge in [0.15, 0.2) is 30.9 Å². The quantitative estimate of drug-likeness (QED) is 0.329. The van der Waals surface area contributed by atoms with Gasteiger partial charge in [-0.3, -0.25) is 19.2 Å². The normalized spacial score (nSPS) is 33.6. The van der Waals surface area contributed by atoms with Gasteiger partial charge < -0.3 is 42.6 Å². The fraction of sp³-hybridized carbons (Fsp3) is 0.630. The lowest BCUT2D eigenvalue weighted by molar-refractivity contribution is -0.352. The van der Waals surface area contributed by atoms with Gasteiger partial charge >= 0.3 is 23.9 Å². The van der Waals surface area contributed by atoms with Crippen LogP contribution in [0.4, 0.5) is 0 Å². The van der Waals surface area contributed by atoms with Crippen molar-refractivity contribution in [2.75, 3.05) is 19.8 Å². The van der Waals surface area contributed by atoms with Gasteiger partial charge in [0, 0.05) is 39.9 Å². The van der Waals surface area contributed by atoms with E-state index in [2.05, 4.69) is 0 Å². The van der Waals surface area contributed by atoms with Crippen LogP contribution in [-0.2, 0) is 61.8 Å². The summed E-state index contributed by atoms with van der Waals surface area (Å²) in [6.45, 7) is 4.93. The van der Waals surface area contributed by atoms with Crippen molar-refractivity contribution in [1.82, 2.24) is 0 Å². The van der Waals surface area contributed by atoms with Crippen LogP contribution >= 0.6 is 0 Å². The molecule has 0 aromatic heterocycles. The van der Waals surface area contributed by atoms with Crippen molar-refractivity contribution in [3.63, 3.8) is 0 Å². The molecule has 1 aromatic rings. The molecule has 220 valence electrons. The fourth-order valence-corrected chi connectivity index (χ4v) is 4.92. The highest BCUT2D eigenvalue weighted by atomic mass is 16.8. The smallest absolute Gasteiger partial charge is 0.303 e. The summed E-state index contributed by atoms with van der Waals surface area (Å²) in [5, 5.41) is 0. The maximum atomic E-state index is 12.1. The van der Waals surface area contributed by atoms with Crippen molar-refractivity contribution < 1.29 is 61.8 Å². The molecular formula is C27H34O13. The fourth-order valence-electron chi connectivity index (χ4n) is 4.92. The zero-order valence-corrected chi connectivity index (χ0v) is 22.7. The number of hydrogen-bond donors (Lipinski definition) is 0. The molecule has 3 aliphatic rings. The van der Waals surface area contributed by atoms with Crippen molar-refractivity contribution in [3.8, 4) is 0 Å². The number of ether oxygens (including phenoxy) is 9. The summed E-state index contributed by atoms with van der Waals surface area (Å²) in [7, 11) is 0. The van der Waals surface area contributed by atoms with E-state index in [9.17, 15) is 19.2 Å². The van der Waals surface area contributed by atoms with E-state index in [0.717, 1.165) is 19.4 Å². The van der Waals surface area contributed by atoms with Crippen molar-refractivity contribution in [1.29, 1.82) is 0 Å². The number of hydrogen-bond acceptors (Lipinski definition) is 13. The summed E-state index contributed by atoms with van der Waals surface area (Å²) in [6, 6.07) is 9.39. The molecular weight excluding hydrogens is 532 g/mol. The van der Waals surface area contributed by atoms with Gasteiger partial charge in [-0.05, 0) is 6.42 Å². The largest absolute Gasteiger partial charge is 0.463 e. The van der Waals surface area contributed by atoms with Gasteiger partial charge in [-0.2, -0.15) is 0 Å². The van der Waals surface area contributed by atoms with Crippen LogP contribution in [-0.4, -0.2) is 92.7 Å². The van der Waals surface area contributed by atoms with E-state index in [1.165, 1.54) is 13.8 Å². The minimum Gasteiger partial charge on any atom is -0.463 e. The molecule has 0 aliphatic carbocycles. The molecule has 3 aliphatic heterocycles. The molecule has 3 heterocycles. The van der Waals surface area contributed by atoms with Gasteiger partial charge in [-0.25, -0.2) is 0 Å². The molecule has 13 nitrogen and oxygen atoms in total. The van der Waals surface area contributed by atoms with E-state index >= 15 is 0 Å². The lowest BCUT2D eigenvalue weighted by atomic mass is 9.97. The van der Waals surface area contributed by atoms with Crippen LogP contribution in [0.25, 0.3) is 0 Å². The second-order valence-electron chi connectivity index (χ2n) is 9.62. The van der Waals surface area contributed by atoms with Gasteiger partial charge in [0.1, 0.15) is 24.9 Å². The van der Waals surface area contributed by atoms with Crippen molar-refractivity contribution in [3.05, 3.63) is 35.9 Å². The Labute approximate surface area is 231 Å². The van der Waals surface area contributed by atoms with Crippen LogP contribution in [0.5, 0.6) is 0 Å². The predicted octanol–water partition coefficient (Wildman–Crippen LogP) is 1.36. The van der Waals surface area contributed by atoms with Crippen LogP contribution in [0.15, 0.2) is 30.3 Å².